The summed E-state index contributed by atoms with van der Waals surface area (Å²) in [6.07, 6.45) is 5.49. The summed E-state index contributed by atoms with van der Waals surface area (Å²) in [4.78, 5) is 28.8. The van der Waals surface area contributed by atoms with Gasteiger partial charge in [0.25, 0.3) is 0 Å². The van der Waals surface area contributed by atoms with Crippen LogP contribution in [0.4, 0.5) is 5.82 Å². The van der Waals surface area contributed by atoms with Crippen LogP contribution in [-0.4, -0.2) is 51.9 Å². The molecule has 2 aromatic rings. The summed E-state index contributed by atoms with van der Waals surface area (Å²) in [7, 11) is 0. The molecular weight excluding hydrogens is 326 g/mol. The molecule has 0 aromatic carbocycles. The van der Waals surface area contributed by atoms with E-state index in [1.807, 2.05) is 23.1 Å². The highest BCUT2D eigenvalue weighted by molar-refractivity contribution is 6.29. The average molecular weight is 346 g/mol. The molecule has 0 N–H and O–H groups in total. The second-order valence-corrected chi connectivity index (χ2v) is 6.13. The SMILES string of the molecule is O=C(CCCc1ccccn1)N1CCN(c2cc(Cl)ncn2)CC1. The minimum absolute atomic E-state index is 0.214. The van der Waals surface area contributed by atoms with Crippen LogP contribution in [0.5, 0.6) is 0 Å². The van der Waals surface area contributed by atoms with Gasteiger partial charge in [-0.05, 0) is 25.0 Å². The van der Waals surface area contributed by atoms with Crippen molar-refractivity contribution in [2.45, 2.75) is 19.3 Å². The first kappa shape index (κ1) is 16.6. The number of rotatable bonds is 5. The van der Waals surface area contributed by atoms with E-state index in [0.717, 1.165) is 37.4 Å². The lowest BCUT2D eigenvalue weighted by Crippen LogP contribution is -2.49. The Morgan fingerprint density at radius 3 is 2.67 bits per heavy atom. The van der Waals surface area contributed by atoms with Gasteiger partial charge in [0.15, 0.2) is 0 Å². The molecule has 6 nitrogen and oxygen atoms in total. The van der Waals surface area contributed by atoms with Crippen LogP contribution < -0.4 is 4.90 Å². The van der Waals surface area contributed by atoms with Gasteiger partial charge >= 0.3 is 0 Å². The number of pyridine rings is 1. The monoisotopic (exact) mass is 345 g/mol. The lowest BCUT2D eigenvalue weighted by Gasteiger charge is -2.35. The maximum Gasteiger partial charge on any atom is 0.222 e. The van der Waals surface area contributed by atoms with Crippen LogP contribution in [0.15, 0.2) is 36.8 Å². The van der Waals surface area contributed by atoms with Gasteiger partial charge in [0, 0.05) is 50.6 Å². The van der Waals surface area contributed by atoms with Crippen LogP contribution in [0.1, 0.15) is 18.5 Å². The molecule has 1 aliphatic rings. The van der Waals surface area contributed by atoms with Crippen molar-refractivity contribution >= 4 is 23.3 Å². The van der Waals surface area contributed by atoms with Crippen molar-refractivity contribution in [1.82, 2.24) is 19.9 Å². The van der Waals surface area contributed by atoms with Gasteiger partial charge in [-0.1, -0.05) is 17.7 Å². The Kier molecular flexibility index (Phi) is 5.59. The number of carbonyl (C=O) groups excluding carboxylic acids is 1. The van der Waals surface area contributed by atoms with E-state index < -0.39 is 0 Å². The highest BCUT2D eigenvalue weighted by atomic mass is 35.5. The molecule has 0 bridgehead atoms. The standard InChI is InChI=1S/C17H20ClN5O/c18-15-12-16(21-13-20-15)22-8-10-23(11-9-22)17(24)6-3-5-14-4-1-2-7-19-14/h1-2,4,7,12-13H,3,5-6,8-11H2. The van der Waals surface area contributed by atoms with E-state index in [1.54, 1.807) is 12.3 Å². The topological polar surface area (TPSA) is 62.2 Å². The molecule has 3 heterocycles. The Balaban J connectivity index is 1.43. The van der Waals surface area contributed by atoms with Gasteiger partial charge in [-0.2, -0.15) is 0 Å². The van der Waals surface area contributed by atoms with Crippen LogP contribution in [0.2, 0.25) is 5.15 Å². The van der Waals surface area contributed by atoms with E-state index in [2.05, 4.69) is 19.9 Å². The normalized spacial score (nSPS) is 14.7. The van der Waals surface area contributed by atoms with E-state index in [-0.39, 0.29) is 5.91 Å². The van der Waals surface area contributed by atoms with Crippen molar-refractivity contribution in [3.8, 4) is 0 Å². The third kappa shape index (κ3) is 4.41. The van der Waals surface area contributed by atoms with Crippen molar-refractivity contribution in [3.63, 3.8) is 0 Å². The van der Waals surface area contributed by atoms with E-state index in [0.29, 0.717) is 24.7 Å². The largest absolute Gasteiger partial charge is 0.353 e. The number of hydrogen-bond donors (Lipinski definition) is 0. The predicted molar refractivity (Wildman–Crippen MR) is 93.0 cm³/mol. The molecular formula is C17H20ClN5O. The summed E-state index contributed by atoms with van der Waals surface area (Å²) in [6.45, 7) is 2.95. The number of aromatic nitrogens is 3. The van der Waals surface area contributed by atoms with Gasteiger partial charge in [-0.3, -0.25) is 9.78 Å². The highest BCUT2D eigenvalue weighted by Gasteiger charge is 2.21. The van der Waals surface area contributed by atoms with Gasteiger partial charge in [-0.25, -0.2) is 9.97 Å². The van der Waals surface area contributed by atoms with E-state index in [1.165, 1.54) is 6.33 Å². The molecule has 1 amide bonds. The van der Waals surface area contributed by atoms with Crippen LogP contribution in [0.25, 0.3) is 0 Å². The number of halogens is 1. The molecule has 0 unspecified atom stereocenters. The fraction of sp³-hybridized carbons (Fsp3) is 0.412. The molecule has 0 spiro atoms. The van der Waals surface area contributed by atoms with Crippen molar-refractivity contribution in [1.29, 1.82) is 0 Å². The van der Waals surface area contributed by atoms with Gasteiger partial charge in [0.2, 0.25) is 5.91 Å². The summed E-state index contributed by atoms with van der Waals surface area (Å²) < 4.78 is 0. The molecule has 2 aromatic heterocycles. The minimum atomic E-state index is 0.214. The number of hydrogen-bond acceptors (Lipinski definition) is 5. The quantitative estimate of drug-likeness (QED) is 0.777. The first-order chi connectivity index (χ1) is 11.7. The average Bonchev–Trinajstić information content (AvgIpc) is 2.63. The van der Waals surface area contributed by atoms with E-state index >= 15 is 0 Å². The second-order valence-electron chi connectivity index (χ2n) is 5.74. The third-order valence-electron chi connectivity index (χ3n) is 4.13. The fourth-order valence-corrected chi connectivity index (χ4v) is 2.95. The highest BCUT2D eigenvalue weighted by Crippen LogP contribution is 2.16. The zero-order valence-electron chi connectivity index (χ0n) is 13.4. The molecule has 0 atom stereocenters. The summed E-state index contributed by atoms with van der Waals surface area (Å²) in [5.41, 5.74) is 1.04. The number of aryl methyl sites for hydroxylation is 1. The first-order valence-electron chi connectivity index (χ1n) is 8.12. The number of amides is 1. The summed E-state index contributed by atoms with van der Waals surface area (Å²) >= 11 is 5.90. The maximum atomic E-state index is 12.3. The van der Waals surface area contributed by atoms with E-state index in [9.17, 15) is 4.79 Å². The van der Waals surface area contributed by atoms with E-state index in [4.69, 9.17) is 11.6 Å². The number of piperazine rings is 1. The van der Waals surface area contributed by atoms with Gasteiger partial charge in [0.05, 0.1) is 0 Å². The first-order valence-corrected chi connectivity index (χ1v) is 8.50. The Hall–Kier alpha value is -2.21. The predicted octanol–water partition coefficient (Wildman–Crippen LogP) is 2.20. The summed E-state index contributed by atoms with van der Waals surface area (Å²) in [6, 6.07) is 7.63. The van der Waals surface area contributed by atoms with Gasteiger partial charge in [-0.15, -0.1) is 0 Å². The number of nitrogens with zero attached hydrogens (tertiary/aromatic N) is 5. The van der Waals surface area contributed by atoms with Crippen molar-refractivity contribution in [3.05, 3.63) is 47.6 Å². The molecule has 7 heteroatoms. The zero-order chi connectivity index (χ0) is 16.8. The summed E-state index contributed by atoms with van der Waals surface area (Å²) in [5.74, 6) is 1.03. The molecule has 126 valence electrons. The lowest BCUT2D eigenvalue weighted by atomic mass is 10.1. The number of anilines is 1. The Bertz CT molecular complexity index is 674. The van der Waals surface area contributed by atoms with Crippen molar-refractivity contribution < 1.29 is 4.79 Å². The molecule has 1 aliphatic heterocycles. The van der Waals surface area contributed by atoms with Gasteiger partial charge < -0.3 is 9.80 Å². The second kappa shape index (κ2) is 8.06. The molecule has 0 radical (unpaired) electrons. The third-order valence-corrected chi connectivity index (χ3v) is 4.33. The molecule has 0 saturated carbocycles. The van der Waals surface area contributed by atoms with Gasteiger partial charge in [0.1, 0.15) is 17.3 Å². The molecule has 24 heavy (non-hydrogen) atoms. The zero-order valence-corrected chi connectivity index (χ0v) is 14.2. The summed E-state index contributed by atoms with van der Waals surface area (Å²) in [5, 5.41) is 0.438. The fourth-order valence-electron chi connectivity index (χ4n) is 2.81. The Morgan fingerprint density at radius 1 is 1.12 bits per heavy atom. The Morgan fingerprint density at radius 2 is 1.96 bits per heavy atom. The Labute approximate surface area is 146 Å². The van der Waals surface area contributed by atoms with Crippen LogP contribution >= 0.6 is 11.6 Å². The minimum Gasteiger partial charge on any atom is -0.353 e. The van der Waals surface area contributed by atoms with Crippen LogP contribution in [0.3, 0.4) is 0 Å². The molecule has 1 saturated heterocycles. The molecule has 3 rings (SSSR count). The lowest BCUT2D eigenvalue weighted by molar-refractivity contribution is -0.131. The van der Waals surface area contributed by atoms with Crippen molar-refractivity contribution in [2.24, 2.45) is 0 Å². The molecule has 1 fully saturated rings. The van der Waals surface area contributed by atoms with Crippen molar-refractivity contribution in [2.75, 3.05) is 31.1 Å². The maximum absolute atomic E-state index is 12.3. The molecule has 0 aliphatic carbocycles. The van der Waals surface area contributed by atoms with Crippen LogP contribution in [-0.2, 0) is 11.2 Å². The number of carbonyl (C=O) groups is 1. The smallest absolute Gasteiger partial charge is 0.222 e. The van der Waals surface area contributed by atoms with Crippen LogP contribution in [0, 0.1) is 0 Å².